The first-order chi connectivity index (χ1) is 18.8. The third-order valence-electron chi connectivity index (χ3n) is 6.70. The normalized spacial score (nSPS) is 13.3. The monoisotopic (exact) mass is 549 g/mol. The summed E-state index contributed by atoms with van der Waals surface area (Å²) in [5.41, 5.74) is 4.63. The number of carbonyl (C=O) groups excluding carboxylic acids is 3. The quantitative estimate of drug-likeness (QED) is 0.417. The number of hydrogen-bond donors (Lipinski definition) is 1. The highest BCUT2D eigenvalue weighted by molar-refractivity contribution is 7.13. The van der Waals surface area contributed by atoms with Crippen LogP contribution in [0.15, 0.2) is 53.9 Å². The molecule has 0 bridgehead atoms. The number of anilines is 2. The molecule has 1 aliphatic rings. The molecule has 10 heteroatoms. The average Bonchev–Trinajstić information content (AvgIpc) is 3.37. The lowest BCUT2D eigenvalue weighted by Crippen LogP contribution is -2.49. The minimum absolute atomic E-state index is 0.0250. The standard InChI is InChI=1S/C29H35N5O4S/c1-21-8-10-23(11-9-21)28(37)34(16-17-38-3)19-26(35)31-29-30-24(20-39-29)18-27(36)33-14-12-32(13-15-33)25-7-5-4-6-22(25)2/h4-11,20H,12-19H2,1-3H3,(H,30,31,35). The summed E-state index contributed by atoms with van der Waals surface area (Å²) in [7, 11) is 1.55. The zero-order valence-electron chi connectivity index (χ0n) is 22.7. The van der Waals surface area contributed by atoms with E-state index in [4.69, 9.17) is 4.74 Å². The van der Waals surface area contributed by atoms with Crippen LogP contribution >= 0.6 is 11.3 Å². The number of ether oxygens (including phenoxy) is 1. The Morgan fingerprint density at radius 3 is 2.44 bits per heavy atom. The maximum atomic E-state index is 13.0. The van der Waals surface area contributed by atoms with Crippen LogP contribution in [-0.2, 0) is 20.7 Å². The zero-order valence-corrected chi connectivity index (χ0v) is 23.5. The predicted molar refractivity (Wildman–Crippen MR) is 153 cm³/mol. The fraction of sp³-hybridized carbons (Fsp3) is 0.379. The summed E-state index contributed by atoms with van der Waals surface area (Å²) >= 11 is 1.27. The number of aromatic nitrogens is 1. The summed E-state index contributed by atoms with van der Waals surface area (Å²) in [6.07, 6.45) is 0.183. The fourth-order valence-corrected chi connectivity index (χ4v) is 5.22. The molecule has 1 fully saturated rings. The molecule has 3 aromatic rings. The number of amides is 3. The van der Waals surface area contributed by atoms with Crippen LogP contribution in [0.25, 0.3) is 0 Å². The fourth-order valence-electron chi connectivity index (χ4n) is 4.49. The van der Waals surface area contributed by atoms with Gasteiger partial charge in [-0.3, -0.25) is 14.4 Å². The van der Waals surface area contributed by atoms with Gasteiger partial charge in [-0.15, -0.1) is 11.3 Å². The molecule has 1 aliphatic heterocycles. The molecule has 3 amide bonds. The summed E-state index contributed by atoms with van der Waals surface area (Å²) in [4.78, 5) is 48.7. The molecule has 4 rings (SSSR count). The number of methoxy groups -OCH3 is 1. The molecule has 1 saturated heterocycles. The van der Waals surface area contributed by atoms with Crippen LogP contribution in [0.3, 0.4) is 0 Å². The maximum absolute atomic E-state index is 13.0. The van der Waals surface area contributed by atoms with Gasteiger partial charge in [0.25, 0.3) is 5.91 Å². The average molecular weight is 550 g/mol. The number of piperazine rings is 1. The lowest BCUT2D eigenvalue weighted by Gasteiger charge is -2.36. The Kier molecular flexibility index (Phi) is 9.67. The van der Waals surface area contributed by atoms with Crippen LogP contribution in [-0.4, -0.2) is 85.5 Å². The van der Waals surface area contributed by atoms with Crippen molar-refractivity contribution in [2.24, 2.45) is 0 Å². The number of hydrogen-bond acceptors (Lipinski definition) is 7. The molecule has 0 aliphatic carbocycles. The highest BCUT2D eigenvalue weighted by Gasteiger charge is 2.23. The minimum Gasteiger partial charge on any atom is -0.383 e. The van der Waals surface area contributed by atoms with Crippen LogP contribution in [0.2, 0.25) is 0 Å². The maximum Gasteiger partial charge on any atom is 0.254 e. The van der Waals surface area contributed by atoms with Gasteiger partial charge in [0.05, 0.1) is 18.7 Å². The third-order valence-corrected chi connectivity index (χ3v) is 7.51. The number of benzene rings is 2. The molecule has 39 heavy (non-hydrogen) atoms. The van der Waals surface area contributed by atoms with Gasteiger partial charge in [-0.2, -0.15) is 0 Å². The van der Waals surface area contributed by atoms with E-state index >= 15 is 0 Å². The Balaban J connectivity index is 1.28. The molecular weight excluding hydrogens is 514 g/mol. The van der Waals surface area contributed by atoms with Gasteiger partial charge in [0.1, 0.15) is 6.54 Å². The van der Waals surface area contributed by atoms with Gasteiger partial charge in [-0.25, -0.2) is 4.98 Å². The molecule has 0 atom stereocenters. The highest BCUT2D eigenvalue weighted by atomic mass is 32.1. The van der Waals surface area contributed by atoms with Crippen molar-refractivity contribution in [2.45, 2.75) is 20.3 Å². The van der Waals surface area contributed by atoms with Crippen LogP contribution in [0, 0.1) is 13.8 Å². The van der Waals surface area contributed by atoms with Crippen molar-refractivity contribution in [1.82, 2.24) is 14.8 Å². The molecule has 2 heterocycles. The van der Waals surface area contributed by atoms with Crippen LogP contribution in [0.5, 0.6) is 0 Å². The van der Waals surface area contributed by atoms with Gasteiger partial charge in [-0.05, 0) is 37.6 Å². The number of thiazole rings is 1. The summed E-state index contributed by atoms with van der Waals surface area (Å²) < 4.78 is 5.13. The molecular formula is C29H35N5O4S. The Hall–Kier alpha value is -3.76. The molecule has 2 aromatic carbocycles. The van der Waals surface area contributed by atoms with Crippen molar-refractivity contribution < 1.29 is 19.1 Å². The SMILES string of the molecule is COCCN(CC(=O)Nc1nc(CC(=O)N2CCN(c3ccccc3C)CC2)cs1)C(=O)c1ccc(C)cc1. The topological polar surface area (TPSA) is 95.1 Å². The number of nitrogens with zero attached hydrogens (tertiary/aromatic N) is 4. The molecule has 1 aromatic heterocycles. The van der Waals surface area contributed by atoms with E-state index in [1.165, 1.54) is 27.5 Å². The van der Waals surface area contributed by atoms with Gasteiger partial charge in [0.15, 0.2) is 5.13 Å². The third kappa shape index (κ3) is 7.64. The Morgan fingerprint density at radius 2 is 1.74 bits per heavy atom. The first-order valence-corrected chi connectivity index (χ1v) is 13.9. The van der Waals surface area contributed by atoms with Gasteiger partial charge >= 0.3 is 0 Å². The van der Waals surface area contributed by atoms with E-state index in [2.05, 4.69) is 34.3 Å². The second-order valence-corrected chi connectivity index (χ2v) is 10.5. The highest BCUT2D eigenvalue weighted by Crippen LogP contribution is 2.22. The number of rotatable bonds is 10. The van der Waals surface area contributed by atoms with Crippen molar-refractivity contribution in [3.8, 4) is 0 Å². The van der Waals surface area contributed by atoms with E-state index in [1.807, 2.05) is 36.1 Å². The van der Waals surface area contributed by atoms with Crippen molar-refractivity contribution in [1.29, 1.82) is 0 Å². The summed E-state index contributed by atoms with van der Waals surface area (Å²) in [5, 5.41) is 4.96. The van der Waals surface area contributed by atoms with Crippen LogP contribution in [0.4, 0.5) is 10.8 Å². The summed E-state index contributed by atoms with van der Waals surface area (Å²) in [5.74, 6) is -0.571. The van der Waals surface area contributed by atoms with E-state index in [0.717, 1.165) is 18.7 Å². The molecule has 9 nitrogen and oxygen atoms in total. The number of carbonyl (C=O) groups is 3. The van der Waals surface area contributed by atoms with Gasteiger partial charge < -0.3 is 24.8 Å². The summed E-state index contributed by atoms with van der Waals surface area (Å²) in [6, 6.07) is 15.5. The molecule has 0 saturated carbocycles. The second kappa shape index (κ2) is 13.3. The van der Waals surface area contributed by atoms with E-state index in [0.29, 0.717) is 36.1 Å². The van der Waals surface area contributed by atoms with Crippen molar-refractivity contribution >= 4 is 39.9 Å². The van der Waals surface area contributed by atoms with E-state index in [1.54, 1.807) is 24.6 Å². The number of nitrogens with one attached hydrogen (secondary N) is 1. The predicted octanol–water partition coefficient (Wildman–Crippen LogP) is 3.38. The summed E-state index contributed by atoms with van der Waals surface area (Å²) in [6.45, 7) is 7.41. The lowest BCUT2D eigenvalue weighted by molar-refractivity contribution is -0.130. The van der Waals surface area contributed by atoms with E-state index in [9.17, 15) is 14.4 Å². The molecule has 206 valence electrons. The van der Waals surface area contributed by atoms with Crippen molar-refractivity contribution in [3.05, 3.63) is 76.3 Å². The first-order valence-electron chi connectivity index (χ1n) is 13.0. The molecule has 1 N–H and O–H groups in total. The van der Waals surface area contributed by atoms with Gasteiger partial charge in [0.2, 0.25) is 11.8 Å². The zero-order chi connectivity index (χ0) is 27.8. The number of aryl methyl sites for hydroxylation is 2. The molecule has 0 unspecified atom stereocenters. The minimum atomic E-state index is -0.355. The largest absolute Gasteiger partial charge is 0.383 e. The van der Waals surface area contributed by atoms with Crippen LogP contribution in [0.1, 0.15) is 27.2 Å². The van der Waals surface area contributed by atoms with Crippen LogP contribution < -0.4 is 10.2 Å². The Labute approximate surface area is 233 Å². The van der Waals surface area contributed by atoms with Crippen molar-refractivity contribution in [2.75, 3.05) is 63.2 Å². The van der Waals surface area contributed by atoms with Gasteiger partial charge in [-0.1, -0.05) is 35.9 Å². The smallest absolute Gasteiger partial charge is 0.254 e. The molecule has 0 radical (unpaired) electrons. The Bertz CT molecular complexity index is 1280. The first kappa shape index (κ1) is 28.3. The van der Waals surface area contributed by atoms with Crippen molar-refractivity contribution in [3.63, 3.8) is 0 Å². The van der Waals surface area contributed by atoms with Gasteiger partial charge in [0, 0.05) is 56.5 Å². The van der Waals surface area contributed by atoms with E-state index in [-0.39, 0.29) is 37.2 Å². The Morgan fingerprint density at radius 1 is 1.03 bits per heavy atom. The second-order valence-electron chi connectivity index (χ2n) is 9.61. The molecule has 0 spiro atoms. The van der Waals surface area contributed by atoms with E-state index < -0.39 is 0 Å². The number of para-hydroxylation sites is 1. The lowest BCUT2D eigenvalue weighted by atomic mass is 10.1.